The van der Waals surface area contributed by atoms with Crippen molar-refractivity contribution in [2.75, 3.05) is 30.4 Å². The van der Waals surface area contributed by atoms with Gasteiger partial charge in [-0.25, -0.2) is 8.42 Å². The summed E-state index contributed by atoms with van der Waals surface area (Å²) in [6, 6.07) is 9.08. The normalized spacial score (nSPS) is 13.3. The summed E-state index contributed by atoms with van der Waals surface area (Å²) >= 11 is 12.4. The van der Waals surface area contributed by atoms with Gasteiger partial charge >= 0.3 is 0 Å². The summed E-state index contributed by atoms with van der Waals surface area (Å²) in [6.07, 6.45) is 1.35. The van der Waals surface area contributed by atoms with Gasteiger partial charge in [0, 0.05) is 42.2 Å². The van der Waals surface area contributed by atoms with Gasteiger partial charge in [0.1, 0.15) is 6.04 Å². The van der Waals surface area contributed by atoms with Crippen LogP contribution in [0.25, 0.3) is 0 Å². The van der Waals surface area contributed by atoms with Crippen molar-refractivity contribution in [3.63, 3.8) is 0 Å². The maximum atomic E-state index is 13.4. The number of amides is 2. The Bertz CT molecular complexity index is 1270. The monoisotopic (exact) mass is 585 g/mol. The second-order valence-corrected chi connectivity index (χ2v) is 12.3. The lowest BCUT2D eigenvalue weighted by Gasteiger charge is -2.30. The predicted molar refractivity (Wildman–Crippen MR) is 148 cm³/mol. The molecular formula is C26H33Cl2N3O6S. The number of hydrogen-bond acceptors (Lipinski definition) is 6. The number of anilines is 1. The Kier molecular flexibility index (Phi) is 10.1. The number of benzene rings is 2. The topological polar surface area (TPSA) is 105 Å². The summed E-state index contributed by atoms with van der Waals surface area (Å²) in [5.41, 5.74) is 1.06. The fraction of sp³-hybridized carbons (Fsp3) is 0.462. The van der Waals surface area contributed by atoms with Crippen molar-refractivity contribution in [3.8, 4) is 11.5 Å². The van der Waals surface area contributed by atoms with Gasteiger partial charge in [-0.1, -0.05) is 43.1 Å². The average Bonchev–Trinajstić information content (AvgIpc) is 3.31. The van der Waals surface area contributed by atoms with Gasteiger partial charge in [-0.05, 0) is 49.1 Å². The number of nitrogens with zero attached hydrogens (tertiary/aromatic N) is 2. The standard InChI is InChI=1S/C26H33Cl2N3O6S/c1-17(2)14-29-26(33)18(3)30(15-19-7-8-20(27)12-22(19)28)25(32)6-5-11-31(38(4,34)35)21-9-10-23-24(13-21)37-16-36-23/h7-10,12-13,17-18H,5-6,11,14-16H2,1-4H3,(H,29,33)/t18-/m0/s1. The number of hydrogen-bond donors (Lipinski definition) is 1. The predicted octanol–water partition coefficient (Wildman–Crippen LogP) is 4.46. The van der Waals surface area contributed by atoms with E-state index in [4.69, 9.17) is 32.7 Å². The minimum absolute atomic E-state index is 0.0174. The molecule has 2 aromatic carbocycles. The van der Waals surface area contributed by atoms with Crippen LogP contribution in [-0.2, 0) is 26.2 Å². The van der Waals surface area contributed by atoms with E-state index in [2.05, 4.69) is 5.32 Å². The van der Waals surface area contributed by atoms with Gasteiger partial charge in [0.2, 0.25) is 28.6 Å². The van der Waals surface area contributed by atoms with Crippen molar-refractivity contribution < 1.29 is 27.5 Å². The summed E-state index contributed by atoms with van der Waals surface area (Å²) in [5, 5.41) is 3.71. The first kappa shape index (κ1) is 29.9. The summed E-state index contributed by atoms with van der Waals surface area (Å²) in [5.74, 6) is 0.662. The second kappa shape index (κ2) is 12.9. The van der Waals surface area contributed by atoms with Crippen molar-refractivity contribution in [1.29, 1.82) is 0 Å². The zero-order valence-electron chi connectivity index (χ0n) is 21.9. The molecule has 2 aromatic rings. The first-order valence-corrected chi connectivity index (χ1v) is 14.9. The number of fused-ring (bicyclic) bond motifs is 1. The molecule has 1 heterocycles. The Morgan fingerprint density at radius 1 is 1.05 bits per heavy atom. The van der Waals surface area contributed by atoms with Gasteiger partial charge < -0.3 is 19.7 Å². The minimum Gasteiger partial charge on any atom is -0.454 e. The van der Waals surface area contributed by atoms with Gasteiger partial charge in [-0.15, -0.1) is 0 Å². The zero-order valence-corrected chi connectivity index (χ0v) is 24.2. The second-order valence-electron chi connectivity index (χ2n) is 9.55. The highest BCUT2D eigenvalue weighted by atomic mass is 35.5. The van der Waals surface area contributed by atoms with Crippen molar-refractivity contribution in [1.82, 2.24) is 10.2 Å². The maximum absolute atomic E-state index is 13.4. The van der Waals surface area contributed by atoms with E-state index in [1.54, 1.807) is 43.3 Å². The molecule has 1 atom stereocenters. The third kappa shape index (κ3) is 7.91. The Balaban J connectivity index is 1.75. The van der Waals surface area contributed by atoms with Gasteiger partial charge in [-0.2, -0.15) is 0 Å². The van der Waals surface area contributed by atoms with E-state index in [1.807, 2.05) is 13.8 Å². The van der Waals surface area contributed by atoms with E-state index in [0.717, 1.165) is 6.26 Å². The van der Waals surface area contributed by atoms with E-state index in [0.29, 0.717) is 39.3 Å². The molecule has 0 fully saturated rings. The molecule has 1 aliphatic heterocycles. The van der Waals surface area contributed by atoms with Crippen LogP contribution in [0.2, 0.25) is 10.0 Å². The number of carbonyl (C=O) groups is 2. The molecule has 0 radical (unpaired) electrons. The molecule has 0 aromatic heterocycles. The molecule has 12 heteroatoms. The lowest BCUT2D eigenvalue weighted by molar-refractivity contribution is -0.140. The van der Waals surface area contributed by atoms with Gasteiger partial charge in [-0.3, -0.25) is 13.9 Å². The van der Waals surface area contributed by atoms with Crippen LogP contribution in [-0.4, -0.2) is 57.3 Å². The van der Waals surface area contributed by atoms with Crippen LogP contribution in [0, 0.1) is 5.92 Å². The van der Waals surface area contributed by atoms with Crippen LogP contribution in [0.5, 0.6) is 11.5 Å². The van der Waals surface area contributed by atoms with Gasteiger partial charge in [0.15, 0.2) is 11.5 Å². The summed E-state index contributed by atoms with van der Waals surface area (Å²) in [6.45, 7) is 6.34. The summed E-state index contributed by atoms with van der Waals surface area (Å²) < 4.78 is 37.0. The quantitative estimate of drug-likeness (QED) is 0.394. The largest absolute Gasteiger partial charge is 0.454 e. The highest BCUT2D eigenvalue weighted by molar-refractivity contribution is 7.92. The molecule has 0 aliphatic carbocycles. The van der Waals surface area contributed by atoms with E-state index in [9.17, 15) is 18.0 Å². The van der Waals surface area contributed by atoms with Crippen LogP contribution >= 0.6 is 23.2 Å². The van der Waals surface area contributed by atoms with E-state index in [-0.39, 0.29) is 50.5 Å². The number of sulfonamides is 1. The van der Waals surface area contributed by atoms with Crippen molar-refractivity contribution in [2.45, 2.75) is 46.2 Å². The number of ether oxygens (including phenoxy) is 2. The minimum atomic E-state index is -3.64. The number of carbonyl (C=O) groups excluding carboxylic acids is 2. The number of rotatable bonds is 12. The zero-order chi connectivity index (χ0) is 28.0. The van der Waals surface area contributed by atoms with Crippen LogP contribution in [0.1, 0.15) is 39.2 Å². The molecule has 0 bridgehead atoms. The van der Waals surface area contributed by atoms with Crippen LogP contribution < -0.4 is 19.1 Å². The van der Waals surface area contributed by atoms with Crippen LogP contribution in [0.3, 0.4) is 0 Å². The lowest BCUT2D eigenvalue weighted by Crippen LogP contribution is -2.48. The van der Waals surface area contributed by atoms with Crippen molar-refractivity contribution in [2.24, 2.45) is 5.92 Å². The Morgan fingerprint density at radius 2 is 1.76 bits per heavy atom. The Hall–Kier alpha value is -2.69. The molecule has 0 spiro atoms. The Morgan fingerprint density at radius 3 is 2.42 bits per heavy atom. The maximum Gasteiger partial charge on any atom is 0.242 e. The Labute approximate surface area is 234 Å². The molecule has 0 saturated heterocycles. The van der Waals surface area contributed by atoms with Gasteiger partial charge in [0.05, 0.1) is 11.9 Å². The first-order valence-electron chi connectivity index (χ1n) is 12.2. The molecule has 0 unspecified atom stereocenters. The third-order valence-corrected chi connectivity index (χ3v) is 7.78. The van der Waals surface area contributed by atoms with Crippen LogP contribution in [0.15, 0.2) is 36.4 Å². The van der Waals surface area contributed by atoms with Gasteiger partial charge in [0.25, 0.3) is 0 Å². The van der Waals surface area contributed by atoms with Crippen LogP contribution in [0.4, 0.5) is 5.69 Å². The average molecular weight is 587 g/mol. The fourth-order valence-corrected chi connectivity index (χ4v) is 5.34. The van der Waals surface area contributed by atoms with E-state index in [1.165, 1.54) is 9.21 Å². The highest BCUT2D eigenvalue weighted by Gasteiger charge is 2.28. The molecule has 1 N–H and O–H groups in total. The molecule has 0 saturated carbocycles. The molecule has 3 rings (SSSR count). The molecule has 9 nitrogen and oxygen atoms in total. The fourth-order valence-electron chi connectivity index (χ4n) is 3.91. The number of nitrogens with one attached hydrogen (secondary N) is 1. The molecule has 38 heavy (non-hydrogen) atoms. The molecule has 208 valence electrons. The SMILES string of the molecule is CC(C)CNC(=O)[C@H](C)N(Cc1ccc(Cl)cc1Cl)C(=O)CCCN(c1ccc2c(c1)OCO2)S(C)(=O)=O. The summed E-state index contributed by atoms with van der Waals surface area (Å²) in [4.78, 5) is 27.7. The molecule has 2 amide bonds. The first-order chi connectivity index (χ1) is 17.9. The molecular weight excluding hydrogens is 553 g/mol. The lowest BCUT2D eigenvalue weighted by atomic mass is 10.1. The summed E-state index contributed by atoms with van der Waals surface area (Å²) in [7, 11) is -3.64. The smallest absolute Gasteiger partial charge is 0.242 e. The molecule has 1 aliphatic rings. The van der Waals surface area contributed by atoms with Crippen molar-refractivity contribution in [3.05, 3.63) is 52.0 Å². The van der Waals surface area contributed by atoms with Crippen molar-refractivity contribution >= 4 is 50.7 Å². The highest BCUT2D eigenvalue weighted by Crippen LogP contribution is 2.36. The third-order valence-electron chi connectivity index (χ3n) is 6.00. The van der Waals surface area contributed by atoms with E-state index < -0.39 is 16.1 Å². The van der Waals surface area contributed by atoms with E-state index >= 15 is 0 Å². The number of halogens is 2.